The third-order valence-corrected chi connectivity index (χ3v) is 5.03. The summed E-state index contributed by atoms with van der Waals surface area (Å²) in [5.41, 5.74) is 1.35. The van der Waals surface area contributed by atoms with Crippen LogP contribution in [0.3, 0.4) is 0 Å². The molecule has 0 radical (unpaired) electrons. The van der Waals surface area contributed by atoms with Crippen molar-refractivity contribution in [3.05, 3.63) is 16.1 Å². The van der Waals surface area contributed by atoms with Crippen molar-refractivity contribution in [2.75, 3.05) is 6.54 Å². The molecule has 1 aliphatic carbocycles. The fourth-order valence-electron chi connectivity index (χ4n) is 2.66. The van der Waals surface area contributed by atoms with Crippen LogP contribution in [0.1, 0.15) is 56.7 Å². The molecule has 0 spiro atoms. The molecule has 0 bridgehead atoms. The summed E-state index contributed by atoms with van der Waals surface area (Å²) < 4.78 is 0. The average molecular weight is 252 g/mol. The van der Waals surface area contributed by atoms with Crippen LogP contribution in [0.5, 0.6) is 0 Å². The van der Waals surface area contributed by atoms with Crippen LogP contribution in [0.15, 0.2) is 5.38 Å². The maximum absolute atomic E-state index is 4.74. The first-order valence-corrected chi connectivity index (χ1v) is 7.72. The average Bonchev–Trinajstić information content (AvgIpc) is 2.76. The highest BCUT2D eigenvalue weighted by Gasteiger charge is 2.37. The van der Waals surface area contributed by atoms with Crippen molar-refractivity contribution >= 4 is 11.3 Å². The Morgan fingerprint density at radius 2 is 2.18 bits per heavy atom. The first kappa shape index (κ1) is 13.0. The molecular formula is C14H24N2S. The molecule has 0 aliphatic heterocycles. The predicted molar refractivity (Wildman–Crippen MR) is 74.5 cm³/mol. The lowest BCUT2D eigenvalue weighted by atomic mass is 9.77. The smallest absolute Gasteiger partial charge is 0.113 e. The molecule has 96 valence electrons. The van der Waals surface area contributed by atoms with Crippen LogP contribution in [0.2, 0.25) is 0 Å². The molecule has 2 nitrogen and oxygen atoms in total. The topological polar surface area (TPSA) is 24.9 Å². The van der Waals surface area contributed by atoms with Gasteiger partial charge >= 0.3 is 0 Å². The molecule has 0 amide bonds. The zero-order valence-corrected chi connectivity index (χ0v) is 12.1. The molecular weight excluding hydrogens is 228 g/mol. The molecule has 1 heterocycles. The van der Waals surface area contributed by atoms with Crippen LogP contribution in [0.25, 0.3) is 0 Å². The van der Waals surface area contributed by atoms with Gasteiger partial charge in [0.25, 0.3) is 0 Å². The van der Waals surface area contributed by atoms with Gasteiger partial charge in [0, 0.05) is 11.1 Å². The van der Waals surface area contributed by atoms with Crippen molar-refractivity contribution < 1.29 is 0 Å². The monoisotopic (exact) mass is 252 g/mol. The van der Waals surface area contributed by atoms with E-state index in [0.717, 1.165) is 12.5 Å². The van der Waals surface area contributed by atoms with Crippen molar-refractivity contribution in [1.29, 1.82) is 0 Å². The summed E-state index contributed by atoms with van der Waals surface area (Å²) in [6.07, 6.45) is 6.36. The van der Waals surface area contributed by atoms with E-state index in [-0.39, 0.29) is 5.54 Å². The van der Waals surface area contributed by atoms with Gasteiger partial charge in [0.15, 0.2) is 0 Å². The Morgan fingerprint density at radius 1 is 1.47 bits per heavy atom. The number of aromatic nitrogens is 1. The van der Waals surface area contributed by atoms with Gasteiger partial charge in [-0.1, -0.05) is 13.8 Å². The number of nitrogens with one attached hydrogen (secondary N) is 1. The Bertz CT molecular complexity index is 345. The van der Waals surface area contributed by atoms with Crippen molar-refractivity contribution in [3.63, 3.8) is 0 Å². The van der Waals surface area contributed by atoms with Crippen molar-refractivity contribution in [2.24, 2.45) is 5.92 Å². The Kier molecular flexibility index (Phi) is 4.21. The maximum Gasteiger partial charge on any atom is 0.113 e. The molecule has 1 N–H and O–H groups in total. The fraction of sp³-hybridized carbons (Fsp3) is 0.786. The van der Waals surface area contributed by atoms with Crippen LogP contribution < -0.4 is 5.32 Å². The molecule has 0 saturated heterocycles. The molecule has 0 unspecified atom stereocenters. The predicted octanol–water partition coefficient (Wildman–Crippen LogP) is 3.86. The number of nitrogens with zero attached hydrogens (tertiary/aromatic N) is 1. The first-order valence-electron chi connectivity index (χ1n) is 6.84. The Hall–Kier alpha value is -0.410. The Morgan fingerprint density at radius 3 is 2.71 bits per heavy atom. The van der Waals surface area contributed by atoms with Gasteiger partial charge in [-0.3, -0.25) is 0 Å². The highest BCUT2D eigenvalue weighted by molar-refractivity contribution is 7.09. The number of aryl methyl sites for hydroxylation is 1. The van der Waals surface area contributed by atoms with Crippen LogP contribution in [0, 0.1) is 12.8 Å². The number of hydrogen-bond acceptors (Lipinski definition) is 3. The van der Waals surface area contributed by atoms with E-state index in [2.05, 4.69) is 31.5 Å². The fourth-order valence-corrected chi connectivity index (χ4v) is 3.69. The normalized spacial score (nSPS) is 29.5. The summed E-state index contributed by atoms with van der Waals surface area (Å²) in [6, 6.07) is 0. The molecule has 1 aliphatic rings. The lowest BCUT2D eigenvalue weighted by Gasteiger charge is -2.39. The molecule has 17 heavy (non-hydrogen) atoms. The molecule has 1 aromatic heterocycles. The van der Waals surface area contributed by atoms with Crippen LogP contribution in [-0.2, 0) is 5.54 Å². The molecule has 1 aromatic rings. The van der Waals surface area contributed by atoms with Gasteiger partial charge in [-0.25, -0.2) is 4.98 Å². The van der Waals surface area contributed by atoms with Gasteiger partial charge in [0.1, 0.15) is 5.01 Å². The summed E-state index contributed by atoms with van der Waals surface area (Å²) in [5, 5.41) is 7.28. The van der Waals surface area contributed by atoms with Crippen LogP contribution in [0.4, 0.5) is 0 Å². The molecule has 3 heteroatoms. The number of hydrogen-bond donors (Lipinski definition) is 1. The summed E-state index contributed by atoms with van der Waals surface area (Å²) in [4.78, 5) is 4.74. The van der Waals surface area contributed by atoms with Gasteiger partial charge in [0.2, 0.25) is 0 Å². The second-order valence-electron chi connectivity index (χ2n) is 5.49. The Labute approximate surface area is 109 Å². The number of rotatable bonds is 4. The van der Waals surface area contributed by atoms with Crippen LogP contribution >= 0.6 is 11.3 Å². The largest absolute Gasteiger partial charge is 0.305 e. The summed E-state index contributed by atoms with van der Waals surface area (Å²) in [5.74, 6) is 0.882. The molecule has 0 aromatic carbocycles. The third-order valence-electron chi connectivity index (χ3n) is 3.87. The minimum Gasteiger partial charge on any atom is -0.305 e. The second kappa shape index (κ2) is 5.49. The van der Waals surface area contributed by atoms with Gasteiger partial charge in [-0.05, 0) is 51.5 Å². The van der Waals surface area contributed by atoms with Crippen molar-refractivity contribution in [2.45, 2.75) is 58.4 Å². The van der Waals surface area contributed by atoms with Gasteiger partial charge < -0.3 is 5.32 Å². The Balaban J connectivity index is 2.18. The summed E-state index contributed by atoms with van der Waals surface area (Å²) in [6.45, 7) is 7.81. The van der Waals surface area contributed by atoms with E-state index >= 15 is 0 Å². The van der Waals surface area contributed by atoms with E-state index in [1.807, 2.05) is 11.3 Å². The van der Waals surface area contributed by atoms with E-state index in [1.54, 1.807) is 0 Å². The van der Waals surface area contributed by atoms with E-state index in [4.69, 9.17) is 4.98 Å². The zero-order chi connectivity index (χ0) is 12.3. The quantitative estimate of drug-likeness (QED) is 0.880. The second-order valence-corrected chi connectivity index (χ2v) is 6.34. The van der Waals surface area contributed by atoms with Crippen molar-refractivity contribution in [1.82, 2.24) is 10.3 Å². The molecule has 1 fully saturated rings. The van der Waals surface area contributed by atoms with E-state index < -0.39 is 0 Å². The van der Waals surface area contributed by atoms with Gasteiger partial charge in [-0.2, -0.15) is 0 Å². The third kappa shape index (κ3) is 2.89. The maximum atomic E-state index is 4.74. The van der Waals surface area contributed by atoms with Gasteiger partial charge in [-0.15, -0.1) is 11.3 Å². The minimum absolute atomic E-state index is 0.182. The van der Waals surface area contributed by atoms with Crippen LogP contribution in [-0.4, -0.2) is 11.5 Å². The molecule has 1 saturated carbocycles. The van der Waals surface area contributed by atoms with E-state index in [9.17, 15) is 0 Å². The van der Waals surface area contributed by atoms with Gasteiger partial charge in [0.05, 0.1) is 5.54 Å². The SMILES string of the molecule is CCCNC1(c2nc(C)cs2)CCC(C)CC1. The van der Waals surface area contributed by atoms with E-state index in [1.165, 1.54) is 42.8 Å². The first-order chi connectivity index (χ1) is 8.16. The zero-order valence-electron chi connectivity index (χ0n) is 11.3. The lowest BCUT2D eigenvalue weighted by molar-refractivity contribution is 0.196. The highest BCUT2D eigenvalue weighted by atomic mass is 32.1. The molecule has 2 rings (SSSR count). The lowest BCUT2D eigenvalue weighted by Crippen LogP contribution is -2.45. The van der Waals surface area contributed by atoms with Crippen molar-refractivity contribution in [3.8, 4) is 0 Å². The number of thiazole rings is 1. The van der Waals surface area contributed by atoms with E-state index in [0.29, 0.717) is 0 Å². The summed E-state index contributed by atoms with van der Waals surface area (Å²) >= 11 is 1.83. The molecule has 0 atom stereocenters. The minimum atomic E-state index is 0.182. The highest BCUT2D eigenvalue weighted by Crippen LogP contribution is 2.40. The standard InChI is InChI=1S/C14H24N2S/c1-4-9-15-14(7-5-11(2)6-8-14)13-16-12(3)10-17-13/h10-11,15H,4-9H2,1-3H3. The summed E-state index contributed by atoms with van der Waals surface area (Å²) in [7, 11) is 0.